The zero-order valence-electron chi connectivity index (χ0n) is 22.5. The highest BCUT2D eigenvalue weighted by molar-refractivity contribution is 5.94. The summed E-state index contributed by atoms with van der Waals surface area (Å²) < 4.78 is 0. The highest BCUT2D eigenvalue weighted by Crippen LogP contribution is 2.11. The fraction of sp³-hybridized carbons (Fsp3) is 0.440. The van der Waals surface area contributed by atoms with Gasteiger partial charge in [0.1, 0.15) is 17.8 Å². The van der Waals surface area contributed by atoms with E-state index in [1.54, 1.807) is 12.1 Å². The van der Waals surface area contributed by atoms with Crippen molar-refractivity contribution in [1.82, 2.24) is 25.9 Å². The molecule has 16 nitrogen and oxygen atoms in total. The molecule has 0 radical (unpaired) electrons. The van der Waals surface area contributed by atoms with Crippen LogP contribution in [0.25, 0.3) is 0 Å². The second-order valence-corrected chi connectivity index (χ2v) is 9.39. The lowest BCUT2D eigenvalue weighted by molar-refractivity contribution is -0.145. The summed E-state index contributed by atoms with van der Waals surface area (Å²) in [5, 5.41) is 35.9. The van der Waals surface area contributed by atoms with Gasteiger partial charge in [0.15, 0.2) is 12.0 Å². The largest absolute Gasteiger partial charge is 0.508 e. The summed E-state index contributed by atoms with van der Waals surface area (Å²) in [5.41, 5.74) is 17.9. The predicted molar refractivity (Wildman–Crippen MR) is 147 cm³/mol. The molecule has 1 aromatic carbocycles. The van der Waals surface area contributed by atoms with Crippen LogP contribution in [-0.4, -0.2) is 91.8 Å². The van der Waals surface area contributed by atoms with Crippen molar-refractivity contribution in [3.8, 4) is 5.75 Å². The predicted octanol–water partition coefficient (Wildman–Crippen LogP) is -2.80. The second-order valence-electron chi connectivity index (χ2n) is 9.39. The number of carbonyl (C=O) groups excluding carboxylic acids is 3. The first-order chi connectivity index (χ1) is 19.4. The number of aromatic nitrogens is 2. The van der Waals surface area contributed by atoms with E-state index >= 15 is 0 Å². The van der Waals surface area contributed by atoms with Gasteiger partial charge in [-0.25, -0.2) is 9.78 Å². The van der Waals surface area contributed by atoms with E-state index in [0.29, 0.717) is 11.3 Å². The number of hydrogen-bond donors (Lipinski definition) is 10. The Labute approximate surface area is 235 Å². The van der Waals surface area contributed by atoms with Gasteiger partial charge in [0.2, 0.25) is 17.7 Å². The van der Waals surface area contributed by atoms with Crippen molar-refractivity contribution in [2.75, 3.05) is 6.54 Å². The number of carbonyl (C=O) groups is 4. The summed E-state index contributed by atoms with van der Waals surface area (Å²) in [6.45, 7) is 1.32. The zero-order valence-corrected chi connectivity index (χ0v) is 22.5. The number of H-pyrrole nitrogens is 1. The lowest BCUT2D eigenvalue weighted by atomic mass is 10.0. The van der Waals surface area contributed by atoms with Crippen LogP contribution in [0.5, 0.6) is 5.75 Å². The van der Waals surface area contributed by atoms with Crippen LogP contribution >= 0.6 is 0 Å². The van der Waals surface area contributed by atoms with Crippen molar-refractivity contribution >= 4 is 29.7 Å². The van der Waals surface area contributed by atoms with Crippen LogP contribution in [0.3, 0.4) is 0 Å². The minimum atomic E-state index is -1.63. The molecule has 2 rings (SSSR count). The Morgan fingerprint density at radius 3 is 2.20 bits per heavy atom. The van der Waals surface area contributed by atoms with Gasteiger partial charge in [-0.2, -0.15) is 0 Å². The topological polar surface area (TPSA) is 284 Å². The van der Waals surface area contributed by atoms with Gasteiger partial charge < -0.3 is 53.5 Å². The van der Waals surface area contributed by atoms with Crippen LogP contribution in [-0.2, 0) is 32.0 Å². The van der Waals surface area contributed by atoms with Gasteiger partial charge >= 0.3 is 5.97 Å². The summed E-state index contributed by atoms with van der Waals surface area (Å²) >= 11 is 0. The lowest BCUT2D eigenvalue weighted by Gasteiger charge is -2.25. The van der Waals surface area contributed by atoms with Crippen LogP contribution in [0, 0.1) is 0 Å². The van der Waals surface area contributed by atoms with E-state index in [2.05, 4.69) is 30.9 Å². The monoisotopic (exact) mass is 575 g/mol. The minimum Gasteiger partial charge on any atom is -0.508 e. The number of carboxylic acid groups (broad SMARTS) is 1. The molecular formula is C25H37N9O7. The third-order valence-electron chi connectivity index (χ3n) is 5.97. The average Bonchev–Trinajstić information content (AvgIpc) is 3.42. The van der Waals surface area contributed by atoms with E-state index in [0.717, 1.165) is 0 Å². The third-order valence-corrected chi connectivity index (χ3v) is 5.97. The number of amides is 3. The van der Waals surface area contributed by atoms with E-state index in [-0.39, 0.29) is 43.9 Å². The molecule has 0 fully saturated rings. The number of aromatic hydroxyl groups is 1. The number of nitrogens with zero attached hydrogens (tertiary/aromatic N) is 2. The Bertz CT molecular complexity index is 1180. The molecule has 0 saturated carbocycles. The number of aliphatic carboxylic acids is 1. The number of rotatable bonds is 16. The molecule has 0 saturated heterocycles. The molecule has 41 heavy (non-hydrogen) atoms. The molecule has 3 amide bonds. The fourth-order valence-corrected chi connectivity index (χ4v) is 3.77. The van der Waals surface area contributed by atoms with Crippen LogP contribution in [0.1, 0.15) is 31.0 Å². The van der Waals surface area contributed by atoms with E-state index in [4.69, 9.17) is 17.2 Å². The van der Waals surface area contributed by atoms with Gasteiger partial charge in [-0.15, -0.1) is 0 Å². The molecule has 0 spiro atoms. The standard InChI is InChI=1S/C25H37N9O7/c1-13(35)20(24(40)41)34-22(38)18(3-2-8-30-25(27)28)32-23(39)19(10-15-11-29-12-31-15)33-21(37)17(26)9-14-4-6-16(36)7-5-14/h4-7,11-13,17-20,35-36H,2-3,8-10,26H2,1H3,(H,29,31)(H,32,39)(H,33,37)(H,34,38)(H,40,41)(H4,27,28,30). The quantitative estimate of drug-likeness (QED) is 0.0554. The Hall–Kier alpha value is -4.70. The van der Waals surface area contributed by atoms with Crippen LogP contribution in [0.2, 0.25) is 0 Å². The van der Waals surface area contributed by atoms with E-state index < -0.39 is 54.0 Å². The average molecular weight is 576 g/mol. The van der Waals surface area contributed by atoms with Crippen molar-refractivity contribution in [2.24, 2.45) is 22.2 Å². The summed E-state index contributed by atoms with van der Waals surface area (Å²) in [6, 6.07) is 1.01. The maximum Gasteiger partial charge on any atom is 0.328 e. The molecule has 5 atom stereocenters. The Morgan fingerprint density at radius 2 is 1.63 bits per heavy atom. The molecule has 0 bridgehead atoms. The zero-order chi connectivity index (χ0) is 30.5. The number of hydrogen-bond acceptors (Lipinski definition) is 9. The summed E-state index contributed by atoms with van der Waals surface area (Å²) in [4.78, 5) is 61.4. The number of phenolic OH excluding ortho intramolecular Hbond substituents is 1. The number of guanidine groups is 1. The number of aliphatic imine (C=N–C) groups is 1. The van der Waals surface area contributed by atoms with Crippen molar-refractivity contribution in [1.29, 1.82) is 0 Å². The lowest BCUT2D eigenvalue weighted by Crippen LogP contribution is -2.58. The van der Waals surface area contributed by atoms with Gasteiger partial charge in [0.25, 0.3) is 0 Å². The van der Waals surface area contributed by atoms with Crippen LogP contribution < -0.4 is 33.2 Å². The van der Waals surface area contributed by atoms with E-state index in [9.17, 15) is 34.5 Å². The van der Waals surface area contributed by atoms with Crippen molar-refractivity contribution < 1.29 is 34.5 Å². The number of nitrogens with one attached hydrogen (secondary N) is 4. The molecule has 16 heteroatoms. The van der Waals surface area contributed by atoms with Crippen molar-refractivity contribution in [3.05, 3.63) is 48.0 Å². The van der Waals surface area contributed by atoms with Gasteiger partial charge in [0, 0.05) is 24.9 Å². The molecule has 224 valence electrons. The van der Waals surface area contributed by atoms with Crippen LogP contribution in [0.15, 0.2) is 41.8 Å². The first-order valence-corrected chi connectivity index (χ1v) is 12.8. The number of imidazole rings is 1. The number of aliphatic hydroxyl groups excluding tert-OH is 1. The minimum absolute atomic E-state index is 0.00555. The second kappa shape index (κ2) is 15.8. The molecule has 0 aliphatic rings. The maximum atomic E-state index is 13.4. The smallest absolute Gasteiger partial charge is 0.328 e. The van der Waals surface area contributed by atoms with Gasteiger partial charge in [-0.05, 0) is 43.9 Å². The highest BCUT2D eigenvalue weighted by atomic mass is 16.4. The first kappa shape index (κ1) is 32.5. The third kappa shape index (κ3) is 11.1. The Morgan fingerprint density at radius 1 is 1.00 bits per heavy atom. The Kier molecular flexibility index (Phi) is 12.5. The number of phenols is 1. The van der Waals surface area contributed by atoms with Crippen LogP contribution in [0.4, 0.5) is 0 Å². The summed E-state index contributed by atoms with van der Waals surface area (Å²) in [6.07, 6.45) is 1.76. The van der Waals surface area contributed by atoms with E-state index in [1.165, 1.54) is 31.6 Å². The van der Waals surface area contributed by atoms with Gasteiger partial charge in [0.05, 0.1) is 18.5 Å². The molecule has 0 aliphatic carbocycles. The van der Waals surface area contributed by atoms with E-state index in [1.807, 2.05) is 0 Å². The highest BCUT2D eigenvalue weighted by Gasteiger charge is 2.32. The fourth-order valence-electron chi connectivity index (χ4n) is 3.77. The number of nitrogens with two attached hydrogens (primary N) is 3. The Balaban J connectivity index is 2.20. The van der Waals surface area contributed by atoms with Crippen molar-refractivity contribution in [3.63, 3.8) is 0 Å². The SMILES string of the molecule is CC(O)C(NC(=O)C(CCCN=C(N)N)NC(=O)C(Cc1cnc[nH]1)NC(=O)C(N)Cc1ccc(O)cc1)C(=O)O. The maximum absolute atomic E-state index is 13.4. The molecule has 2 aromatic rings. The molecule has 1 heterocycles. The number of aliphatic hydroxyl groups is 1. The van der Waals surface area contributed by atoms with Gasteiger partial charge in [-0.1, -0.05) is 12.1 Å². The molecule has 1 aromatic heterocycles. The van der Waals surface area contributed by atoms with Crippen molar-refractivity contribution in [2.45, 2.75) is 62.9 Å². The molecule has 5 unspecified atom stereocenters. The normalized spacial score (nSPS) is 14.5. The van der Waals surface area contributed by atoms with Gasteiger partial charge in [-0.3, -0.25) is 19.4 Å². The number of carboxylic acids is 1. The number of aromatic amines is 1. The molecule has 0 aliphatic heterocycles. The molecular weight excluding hydrogens is 538 g/mol. The summed E-state index contributed by atoms with van der Waals surface area (Å²) in [7, 11) is 0. The summed E-state index contributed by atoms with van der Waals surface area (Å²) in [5.74, 6) is -3.84. The first-order valence-electron chi connectivity index (χ1n) is 12.8. The number of benzene rings is 1. The molecule has 13 N–H and O–H groups in total.